The van der Waals surface area contributed by atoms with Gasteiger partial charge in [0, 0.05) is 6.04 Å². The highest BCUT2D eigenvalue weighted by atomic mass is 19.1. The molecule has 0 aliphatic rings. The number of methoxy groups -OCH3 is 2. The van der Waals surface area contributed by atoms with Gasteiger partial charge in [0.05, 0.1) is 37.6 Å². The lowest BCUT2D eigenvalue weighted by Gasteiger charge is -2.23. The van der Waals surface area contributed by atoms with Gasteiger partial charge >= 0.3 is 11.9 Å². The molecule has 0 aliphatic heterocycles. The van der Waals surface area contributed by atoms with Crippen LogP contribution in [-0.2, 0) is 14.3 Å². The fourth-order valence-electron chi connectivity index (χ4n) is 2.99. The third kappa shape index (κ3) is 5.87. The fourth-order valence-corrected chi connectivity index (χ4v) is 2.99. The normalized spacial score (nSPS) is 11.7. The third-order valence-corrected chi connectivity index (χ3v) is 4.50. The number of ether oxygens (including phenoxy) is 2. The van der Waals surface area contributed by atoms with Crippen LogP contribution in [0.15, 0.2) is 42.5 Å². The summed E-state index contributed by atoms with van der Waals surface area (Å²) < 4.78 is 22.6. The van der Waals surface area contributed by atoms with Crippen LogP contribution in [0.3, 0.4) is 0 Å². The van der Waals surface area contributed by atoms with Crippen LogP contribution in [0.1, 0.15) is 46.2 Å². The number of esters is 2. The number of benzene rings is 2. The van der Waals surface area contributed by atoms with Gasteiger partial charge in [-0.15, -0.1) is 0 Å². The molecule has 1 atom stereocenters. The van der Waals surface area contributed by atoms with Gasteiger partial charge in [-0.05, 0) is 41.8 Å². The van der Waals surface area contributed by atoms with Gasteiger partial charge < -0.3 is 20.1 Å². The predicted molar refractivity (Wildman–Crippen MR) is 110 cm³/mol. The second kappa shape index (κ2) is 10.5. The summed E-state index contributed by atoms with van der Waals surface area (Å²) >= 11 is 0. The zero-order valence-corrected chi connectivity index (χ0v) is 17.3. The first-order valence-electron chi connectivity index (χ1n) is 9.36. The summed E-state index contributed by atoms with van der Waals surface area (Å²) in [7, 11) is 2.46. The van der Waals surface area contributed by atoms with E-state index < -0.39 is 17.8 Å². The largest absolute Gasteiger partial charge is 0.465 e. The molecule has 160 valence electrons. The van der Waals surface area contributed by atoms with E-state index in [4.69, 9.17) is 4.74 Å². The van der Waals surface area contributed by atoms with Crippen molar-refractivity contribution in [2.45, 2.75) is 19.9 Å². The summed E-state index contributed by atoms with van der Waals surface area (Å²) in [5.74, 6) is -1.87. The van der Waals surface area contributed by atoms with Gasteiger partial charge in [-0.1, -0.05) is 26.0 Å². The SMILES string of the molecule is COC(=O)c1ccc(C(=O)OC)c(NC(=O)CN[C@H](c2ccc(F)cc2)C(C)C)c1. The number of anilines is 1. The Hall–Kier alpha value is -3.26. The number of carbonyl (C=O) groups is 3. The molecule has 2 N–H and O–H groups in total. The van der Waals surface area contributed by atoms with E-state index in [0.717, 1.165) is 5.56 Å². The summed E-state index contributed by atoms with van der Waals surface area (Å²) in [5, 5.41) is 5.77. The molecule has 0 bridgehead atoms. The van der Waals surface area contributed by atoms with Gasteiger partial charge in [0.2, 0.25) is 5.91 Å². The molecule has 0 fully saturated rings. The Morgan fingerprint density at radius 2 is 1.60 bits per heavy atom. The monoisotopic (exact) mass is 416 g/mol. The maximum absolute atomic E-state index is 13.2. The first kappa shape index (κ1) is 23.0. The highest BCUT2D eigenvalue weighted by Gasteiger charge is 2.20. The van der Waals surface area contributed by atoms with Crippen molar-refractivity contribution in [3.63, 3.8) is 0 Å². The highest BCUT2D eigenvalue weighted by Crippen LogP contribution is 2.22. The summed E-state index contributed by atoms with van der Waals surface area (Å²) in [4.78, 5) is 36.3. The Morgan fingerprint density at radius 1 is 0.967 bits per heavy atom. The van der Waals surface area contributed by atoms with Gasteiger partial charge in [0.25, 0.3) is 0 Å². The van der Waals surface area contributed by atoms with Gasteiger partial charge in [-0.25, -0.2) is 14.0 Å². The number of halogens is 1. The van der Waals surface area contributed by atoms with Crippen LogP contribution in [0.25, 0.3) is 0 Å². The summed E-state index contributed by atoms with van der Waals surface area (Å²) in [6, 6.07) is 10.0. The number of nitrogens with one attached hydrogen (secondary N) is 2. The molecule has 0 spiro atoms. The van der Waals surface area contributed by atoms with E-state index in [9.17, 15) is 18.8 Å². The molecule has 0 radical (unpaired) electrons. The Morgan fingerprint density at radius 3 is 2.17 bits per heavy atom. The minimum Gasteiger partial charge on any atom is -0.465 e. The second-order valence-corrected chi connectivity index (χ2v) is 6.95. The van der Waals surface area contributed by atoms with Crippen LogP contribution in [0.2, 0.25) is 0 Å². The van der Waals surface area contributed by atoms with Gasteiger partial charge in [0.1, 0.15) is 5.82 Å². The van der Waals surface area contributed by atoms with Crippen molar-refractivity contribution < 1.29 is 28.2 Å². The molecule has 0 unspecified atom stereocenters. The van der Waals surface area contributed by atoms with Crippen LogP contribution in [0, 0.1) is 11.7 Å². The minimum atomic E-state index is -0.652. The third-order valence-electron chi connectivity index (χ3n) is 4.50. The van der Waals surface area contributed by atoms with Gasteiger partial charge in [-0.3, -0.25) is 4.79 Å². The van der Waals surface area contributed by atoms with Crippen molar-refractivity contribution in [2.24, 2.45) is 5.92 Å². The maximum Gasteiger partial charge on any atom is 0.339 e. The molecule has 2 rings (SSSR count). The van der Waals surface area contributed by atoms with Crippen LogP contribution in [0.5, 0.6) is 0 Å². The van der Waals surface area contributed by atoms with E-state index >= 15 is 0 Å². The average molecular weight is 416 g/mol. The van der Waals surface area contributed by atoms with E-state index in [1.165, 1.54) is 44.6 Å². The van der Waals surface area contributed by atoms with E-state index in [-0.39, 0.29) is 41.1 Å². The van der Waals surface area contributed by atoms with E-state index in [2.05, 4.69) is 15.4 Å². The van der Waals surface area contributed by atoms with Crippen molar-refractivity contribution in [3.8, 4) is 0 Å². The first-order valence-corrected chi connectivity index (χ1v) is 9.36. The Kier molecular flexibility index (Phi) is 8.06. The summed E-state index contributed by atoms with van der Waals surface area (Å²) in [5.41, 5.74) is 1.28. The highest BCUT2D eigenvalue weighted by molar-refractivity contribution is 6.03. The molecule has 30 heavy (non-hydrogen) atoms. The molecule has 8 heteroatoms. The fraction of sp³-hybridized carbons (Fsp3) is 0.318. The van der Waals surface area contributed by atoms with E-state index in [1.807, 2.05) is 13.8 Å². The molecule has 0 aliphatic carbocycles. The smallest absolute Gasteiger partial charge is 0.339 e. The molecular formula is C22H25FN2O5. The predicted octanol–water partition coefficient (Wildman–Crippen LogP) is 3.32. The zero-order valence-electron chi connectivity index (χ0n) is 17.3. The molecule has 2 aromatic carbocycles. The van der Waals surface area contributed by atoms with Crippen LogP contribution in [-0.4, -0.2) is 38.6 Å². The number of hydrogen-bond donors (Lipinski definition) is 2. The number of hydrogen-bond acceptors (Lipinski definition) is 6. The Balaban J connectivity index is 2.16. The van der Waals surface area contributed by atoms with Crippen molar-refractivity contribution in [1.82, 2.24) is 5.32 Å². The lowest BCUT2D eigenvalue weighted by Crippen LogP contribution is -2.34. The minimum absolute atomic E-state index is 0.0662. The quantitative estimate of drug-likeness (QED) is 0.641. The topological polar surface area (TPSA) is 93.7 Å². The molecule has 2 aromatic rings. The number of amides is 1. The second-order valence-electron chi connectivity index (χ2n) is 6.95. The lowest BCUT2D eigenvalue weighted by molar-refractivity contribution is -0.115. The Labute approximate surface area is 174 Å². The van der Waals surface area contributed by atoms with E-state index in [0.29, 0.717) is 0 Å². The summed E-state index contributed by atoms with van der Waals surface area (Å²) in [6.45, 7) is 3.89. The Bertz CT molecular complexity index is 912. The maximum atomic E-state index is 13.2. The van der Waals surface area contributed by atoms with Crippen molar-refractivity contribution >= 4 is 23.5 Å². The standard InChI is InChI=1S/C22H25FN2O5/c1-13(2)20(14-5-8-16(23)9-6-14)24-12-19(26)25-18-11-15(21(27)29-3)7-10-17(18)22(28)30-4/h5-11,13,20,24H,12H2,1-4H3,(H,25,26)/t20-/m0/s1. The average Bonchev–Trinajstić information content (AvgIpc) is 2.73. The van der Waals surface area contributed by atoms with Crippen LogP contribution >= 0.6 is 0 Å². The van der Waals surface area contributed by atoms with Gasteiger partial charge in [0.15, 0.2) is 0 Å². The van der Waals surface area contributed by atoms with Crippen molar-refractivity contribution in [2.75, 3.05) is 26.1 Å². The first-order chi connectivity index (χ1) is 14.3. The van der Waals surface area contributed by atoms with Crippen LogP contribution < -0.4 is 10.6 Å². The molecule has 1 amide bonds. The van der Waals surface area contributed by atoms with Crippen molar-refractivity contribution in [1.29, 1.82) is 0 Å². The van der Waals surface area contributed by atoms with Crippen molar-refractivity contribution in [3.05, 3.63) is 65.0 Å². The molecule has 0 aromatic heterocycles. The number of rotatable bonds is 8. The molecule has 7 nitrogen and oxygen atoms in total. The lowest BCUT2D eigenvalue weighted by atomic mass is 9.96. The van der Waals surface area contributed by atoms with E-state index in [1.54, 1.807) is 12.1 Å². The summed E-state index contributed by atoms with van der Waals surface area (Å²) in [6.07, 6.45) is 0. The molecule has 0 saturated carbocycles. The molecule has 0 saturated heterocycles. The molecule has 0 heterocycles. The van der Waals surface area contributed by atoms with Crippen LogP contribution in [0.4, 0.5) is 10.1 Å². The van der Waals surface area contributed by atoms with Gasteiger partial charge in [-0.2, -0.15) is 0 Å². The molecular weight excluding hydrogens is 391 g/mol. The number of carbonyl (C=O) groups excluding carboxylic acids is 3. The zero-order chi connectivity index (χ0) is 22.3.